The van der Waals surface area contributed by atoms with Crippen LogP contribution in [0.15, 0.2) is 0 Å². The highest BCUT2D eigenvalue weighted by Gasteiger charge is 2.19. The van der Waals surface area contributed by atoms with Gasteiger partial charge in [0.05, 0.1) is 6.10 Å². The molecule has 0 aliphatic heterocycles. The van der Waals surface area contributed by atoms with E-state index in [2.05, 4.69) is 18.9 Å². The van der Waals surface area contributed by atoms with Gasteiger partial charge in [0.25, 0.3) is 0 Å². The smallest absolute Gasteiger partial charge is 0.0695 e. The van der Waals surface area contributed by atoms with Crippen LogP contribution in [0, 0.1) is 5.92 Å². The minimum atomic E-state index is 0.421. The van der Waals surface area contributed by atoms with Gasteiger partial charge in [-0.3, -0.25) is 0 Å². The lowest BCUT2D eigenvalue weighted by atomic mass is 9.85. The van der Waals surface area contributed by atoms with E-state index in [4.69, 9.17) is 4.74 Å². The molecule has 1 rings (SSSR count). The Morgan fingerprint density at radius 2 is 2.15 bits per heavy atom. The Labute approximate surface area is 82.3 Å². The Kier molecular flexibility index (Phi) is 4.74. The molecule has 0 spiro atoms. The van der Waals surface area contributed by atoms with Crippen LogP contribution in [0.3, 0.4) is 0 Å². The molecule has 0 amide bonds. The average molecular weight is 185 g/mol. The molecule has 0 radical (unpaired) electrons. The number of likely N-dealkylation sites (N-methyl/N-ethyl adjacent to an activating group) is 1. The predicted octanol–water partition coefficient (Wildman–Crippen LogP) is 2.14. The second kappa shape index (κ2) is 5.61. The van der Waals surface area contributed by atoms with E-state index in [1.54, 1.807) is 0 Å². The third kappa shape index (κ3) is 3.65. The lowest BCUT2D eigenvalue weighted by molar-refractivity contribution is 0.0599. The first-order valence-corrected chi connectivity index (χ1v) is 5.47. The normalized spacial score (nSPS) is 20.3. The molecule has 1 saturated carbocycles. The summed E-state index contributed by atoms with van der Waals surface area (Å²) < 4.78 is 5.36. The van der Waals surface area contributed by atoms with Crippen molar-refractivity contribution in [2.45, 2.75) is 38.7 Å². The van der Waals surface area contributed by atoms with Crippen molar-refractivity contribution in [3.63, 3.8) is 0 Å². The van der Waals surface area contributed by atoms with E-state index in [9.17, 15) is 0 Å². The van der Waals surface area contributed by atoms with Crippen LogP contribution in [0.4, 0.5) is 0 Å². The maximum Gasteiger partial charge on any atom is 0.0695 e. The van der Waals surface area contributed by atoms with Crippen LogP contribution in [-0.4, -0.2) is 38.3 Å². The number of rotatable bonds is 6. The molecule has 1 aliphatic carbocycles. The molecular weight excluding hydrogens is 162 g/mol. The molecule has 1 aliphatic rings. The second-order valence-electron chi connectivity index (χ2n) is 4.28. The summed E-state index contributed by atoms with van der Waals surface area (Å²) in [6, 6.07) is 0. The van der Waals surface area contributed by atoms with Crippen LogP contribution in [0.2, 0.25) is 0 Å². The highest BCUT2D eigenvalue weighted by Crippen LogP contribution is 2.26. The van der Waals surface area contributed by atoms with Crippen molar-refractivity contribution < 1.29 is 4.74 Å². The van der Waals surface area contributed by atoms with E-state index in [-0.39, 0.29) is 0 Å². The summed E-state index contributed by atoms with van der Waals surface area (Å²) >= 11 is 0. The van der Waals surface area contributed by atoms with Gasteiger partial charge in [0.1, 0.15) is 0 Å². The average Bonchev–Trinajstić information content (AvgIpc) is 2.07. The van der Waals surface area contributed by atoms with E-state index in [1.165, 1.54) is 25.8 Å². The van der Waals surface area contributed by atoms with Gasteiger partial charge in [-0.05, 0) is 32.2 Å². The highest BCUT2D eigenvalue weighted by molar-refractivity contribution is 4.73. The molecule has 1 fully saturated rings. The number of hydrogen-bond donors (Lipinski definition) is 0. The van der Waals surface area contributed by atoms with Gasteiger partial charge >= 0.3 is 0 Å². The molecule has 2 heteroatoms. The summed E-state index contributed by atoms with van der Waals surface area (Å²) in [4.78, 5) is 2.42. The Hall–Kier alpha value is -0.0800. The van der Waals surface area contributed by atoms with Gasteiger partial charge in [0.2, 0.25) is 0 Å². The zero-order valence-electron chi connectivity index (χ0n) is 9.25. The van der Waals surface area contributed by atoms with Crippen LogP contribution in [0.1, 0.15) is 32.6 Å². The zero-order valence-corrected chi connectivity index (χ0v) is 9.25. The van der Waals surface area contributed by atoms with Crippen LogP contribution >= 0.6 is 0 Å². The van der Waals surface area contributed by atoms with Crippen molar-refractivity contribution in [3.8, 4) is 0 Å². The minimum absolute atomic E-state index is 0.421. The molecule has 78 valence electrons. The SMILES string of the molecule is CCC(CN(C)CC1CCC1)OC. The summed E-state index contributed by atoms with van der Waals surface area (Å²) in [7, 11) is 4.02. The first kappa shape index (κ1) is 11.0. The van der Waals surface area contributed by atoms with Crippen molar-refractivity contribution in [1.29, 1.82) is 0 Å². The predicted molar refractivity (Wildman–Crippen MR) is 55.9 cm³/mol. The van der Waals surface area contributed by atoms with Crippen LogP contribution in [0.5, 0.6) is 0 Å². The molecule has 0 saturated heterocycles. The standard InChI is InChI=1S/C11H23NO/c1-4-11(13-3)9-12(2)8-10-6-5-7-10/h10-11H,4-9H2,1-3H3. The fourth-order valence-electron chi connectivity index (χ4n) is 1.91. The largest absolute Gasteiger partial charge is 0.380 e. The molecule has 0 N–H and O–H groups in total. The minimum Gasteiger partial charge on any atom is -0.380 e. The highest BCUT2D eigenvalue weighted by atomic mass is 16.5. The number of nitrogens with zero attached hydrogens (tertiary/aromatic N) is 1. The Morgan fingerprint density at radius 1 is 1.46 bits per heavy atom. The van der Waals surface area contributed by atoms with Gasteiger partial charge < -0.3 is 9.64 Å². The van der Waals surface area contributed by atoms with Crippen molar-refractivity contribution in [1.82, 2.24) is 4.90 Å². The Morgan fingerprint density at radius 3 is 2.54 bits per heavy atom. The van der Waals surface area contributed by atoms with Crippen molar-refractivity contribution in [2.75, 3.05) is 27.2 Å². The summed E-state index contributed by atoms with van der Waals surface area (Å²) in [5, 5.41) is 0. The summed E-state index contributed by atoms with van der Waals surface area (Å²) in [6.07, 6.45) is 5.86. The number of hydrogen-bond acceptors (Lipinski definition) is 2. The summed E-state index contributed by atoms with van der Waals surface area (Å²) in [5.74, 6) is 0.972. The fourth-order valence-corrected chi connectivity index (χ4v) is 1.91. The van der Waals surface area contributed by atoms with Gasteiger partial charge in [-0.25, -0.2) is 0 Å². The zero-order chi connectivity index (χ0) is 9.68. The monoisotopic (exact) mass is 185 g/mol. The van der Waals surface area contributed by atoms with Gasteiger partial charge in [0, 0.05) is 20.2 Å². The molecule has 0 aromatic rings. The third-order valence-corrected chi connectivity index (χ3v) is 3.10. The first-order valence-electron chi connectivity index (χ1n) is 5.47. The van der Waals surface area contributed by atoms with Crippen molar-refractivity contribution >= 4 is 0 Å². The fraction of sp³-hybridized carbons (Fsp3) is 1.00. The lowest BCUT2D eigenvalue weighted by Gasteiger charge is -2.31. The molecule has 0 bridgehead atoms. The van der Waals surface area contributed by atoms with Crippen LogP contribution < -0.4 is 0 Å². The van der Waals surface area contributed by atoms with Gasteiger partial charge in [-0.15, -0.1) is 0 Å². The molecule has 1 atom stereocenters. The topological polar surface area (TPSA) is 12.5 Å². The number of methoxy groups -OCH3 is 1. The summed E-state index contributed by atoms with van der Waals surface area (Å²) in [5.41, 5.74) is 0. The van der Waals surface area contributed by atoms with E-state index < -0.39 is 0 Å². The lowest BCUT2D eigenvalue weighted by Crippen LogP contribution is -2.35. The Bertz CT molecular complexity index is 130. The first-order chi connectivity index (χ1) is 6.26. The molecule has 0 aromatic carbocycles. The molecular formula is C11H23NO. The molecule has 0 aromatic heterocycles. The molecule has 0 heterocycles. The van der Waals surface area contributed by atoms with E-state index >= 15 is 0 Å². The van der Waals surface area contributed by atoms with E-state index in [0.29, 0.717) is 6.10 Å². The Balaban J connectivity index is 2.10. The van der Waals surface area contributed by atoms with E-state index in [1.807, 2.05) is 7.11 Å². The van der Waals surface area contributed by atoms with Gasteiger partial charge in [-0.2, -0.15) is 0 Å². The third-order valence-electron chi connectivity index (χ3n) is 3.10. The molecule has 1 unspecified atom stereocenters. The summed E-state index contributed by atoms with van der Waals surface area (Å²) in [6.45, 7) is 4.54. The maximum absolute atomic E-state index is 5.36. The van der Waals surface area contributed by atoms with Crippen molar-refractivity contribution in [3.05, 3.63) is 0 Å². The van der Waals surface area contributed by atoms with Crippen LogP contribution in [-0.2, 0) is 4.74 Å². The molecule has 2 nitrogen and oxygen atoms in total. The number of ether oxygens (including phenoxy) is 1. The maximum atomic E-state index is 5.36. The quantitative estimate of drug-likeness (QED) is 0.628. The van der Waals surface area contributed by atoms with Gasteiger partial charge in [-0.1, -0.05) is 13.3 Å². The molecule has 13 heavy (non-hydrogen) atoms. The second-order valence-corrected chi connectivity index (χ2v) is 4.28. The van der Waals surface area contributed by atoms with E-state index in [0.717, 1.165) is 18.9 Å². The van der Waals surface area contributed by atoms with Crippen LogP contribution in [0.25, 0.3) is 0 Å². The van der Waals surface area contributed by atoms with Gasteiger partial charge in [0.15, 0.2) is 0 Å². The van der Waals surface area contributed by atoms with Crippen molar-refractivity contribution in [2.24, 2.45) is 5.92 Å².